The molecule has 0 aromatic heterocycles. The van der Waals surface area contributed by atoms with Gasteiger partial charge in [0.15, 0.2) is 0 Å². The lowest BCUT2D eigenvalue weighted by Crippen LogP contribution is -2.27. The average Bonchev–Trinajstić information content (AvgIpc) is 3.85. The van der Waals surface area contributed by atoms with Gasteiger partial charge in [-0.2, -0.15) is 0 Å². The number of rotatable bonds is 10. The Morgan fingerprint density at radius 1 is 0.938 bits per heavy atom. The minimum atomic E-state index is -0.0321. The number of benzene rings is 3. The van der Waals surface area contributed by atoms with Gasteiger partial charge in [-0.1, -0.05) is 116 Å². The summed E-state index contributed by atoms with van der Waals surface area (Å²) in [6.45, 7) is 6.78. The van der Waals surface area contributed by atoms with Gasteiger partial charge in [0.1, 0.15) is 5.78 Å². The molecule has 0 aliphatic heterocycles. The first-order valence-corrected chi connectivity index (χ1v) is 18.8. The molecule has 0 radical (unpaired) electrons. The van der Waals surface area contributed by atoms with E-state index in [1.54, 1.807) is 0 Å². The van der Waals surface area contributed by atoms with Crippen molar-refractivity contribution in [1.82, 2.24) is 0 Å². The van der Waals surface area contributed by atoms with Gasteiger partial charge in [0.05, 0.1) is 0 Å². The van der Waals surface area contributed by atoms with Gasteiger partial charge in [-0.3, -0.25) is 4.79 Å². The highest BCUT2D eigenvalue weighted by Gasteiger charge is 2.48. The van der Waals surface area contributed by atoms with Gasteiger partial charge in [-0.05, 0) is 139 Å². The maximum atomic E-state index is 14.1. The summed E-state index contributed by atoms with van der Waals surface area (Å²) in [6, 6.07) is 26.4. The number of ketones is 1. The summed E-state index contributed by atoms with van der Waals surface area (Å²) in [7, 11) is 0. The average molecular weight is 633 g/mol. The topological polar surface area (TPSA) is 17.1 Å². The minimum absolute atomic E-state index is 0.0321. The van der Waals surface area contributed by atoms with Gasteiger partial charge in [-0.15, -0.1) is 6.42 Å². The van der Waals surface area contributed by atoms with Gasteiger partial charge < -0.3 is 0 Å². The third-order valence-corrected chi connectivity index (χ3v) is 12.6. The van der Waals surface area contributed by atoms with E-state index in [4.69, 9.17) is 6.42 Å². The molecule has 0 heterocycles. The Morgan fingerprint density at radius 2 is 1.71 bits per heavy atom. The summed E-state index contributed by atoms with van der Waals surface area (Å²) in [5.74, 6) is 5.46. The van der Waals surface area contributed by atoms with Crippen molar-refractivity contribution in [3.05, 3.63) is 137 Å². The second kappa shape index (κ2) is 14.3. The zero-order chi connectivity index (χ0) is 33.1. The molecule has 1 heteroatoms. The lowest BCUT2D eigenvalue weighted by Gasteiger charge is -2.35. The van der Waals surface area contributed by atoms with Crippen LogP contribution in [0.25, 0.3) is 5.57 Å². The first kappa shape index (κ1) is 32.6. The molecule has 0 amide bonds. The summed E-state index contributed by atoms with van der Waals surface area (Å²) in [5, 5.41) is 0. The zero-order valence-corrected chi connectivity index (χ0v) is 28.9. The number of aryl methyl sites for hydroxylation is 1. The van der Waals surface area contributed by atoms with Gasteiger partial charge >= 0.3 is 0 Å². The van der Waals surface area contributed by atoms with Crippen molar-refractivity contribution >= 4 is 11.4 Å². The van der Waals surface area contributed by atoms with E-state index in [1.807, 2.05) is 6.07 Å². The minimum Gasteiger partial charge on any atom is -0.299 e. The van der Waals surface area contributed by atoms with Gasteiger partial charge in [0.25, 0.3) is 0 Å². The van der Waals surface area contributed by atoms with Crippen LogP contribution in [0.15, 0.2) is 103 Å². The normalized spacial score (nSPS) is 27.2. The van der Waals surface area contributed by atoms with Crippen molar-refractivity contribution in [2.75, 3.05) is 0 Å². The van der Waals surface area contributed by atoms with E-state index in [0.717, 1.165) is 31.2 Å². The van der Waals surface area contributed by atoms with E-state index in [1.165, 1.54) is 90.3 Å². The predicted octanol–water partition coefficient (Wildman–Crippen LogP) is 11.6. The quantitative estimate of drug-likeness (QED) is 0.161. The molecule has 4 aliphatic rings. The first-order chi connectivity index (χ1) is 23.4. The fraction of sp³-hybridized carbons (Fsp3) is 0.426. The first-order valence-electron chi connectivity index (χ1n) is 18.8. The van der Waals surface area contributed by atoms with Crippen LogP contribution in [0.3, 0.4) is 0 Å². The molecular weight excluding hydrogens is 581 g/mol. The molecule has 3 aromatic rings. The van der Waals surface area contributed by atoms with Crippen molar-refractivity contribution in [3.63, 3.8) is 0 Å². The van der Waals surface area contributed by atoms with Crippen molar-refractivity contribution < 1.29 is 4.79 Å². The molecule has 0 N–H and O–H groups in total. The van der Waals surface area contributed by atoms with E-state index >= 15 is 0 Å². The van der Waals surface area contributed by atoms with Crippen LogP contribution in [-0.2, 0) is 17.6 Å². The van der Waals surface area contributed by atoms with Crippen LogP contribution in [0.2, 0.25) is 0 Å². The highest BCUT2D eigenvalue weighted by atomic mass is 16.1. The summed E-state index contributed by atoms with van der Waals surface area (Å²) in [6.07, 6.45) is 27.5. The number of hydrogen-bond acceptors (Lipinski definition) is 1. The van der Waals surface area contributed by atoms with Crippen LogP contribution in [0.1, 0.15) is 123 Å². The van der Waals surface area contributed by atoms with Gasteiger partial charge in [0.2, 0.25) is 0 Å². The molecule has 7 rings (SSSR count). The molecule has 48 heavy (non-hydrogen) atoms. The lowest BCUT2D eigenvalue weighted by atomic mass is 9.69. The molecule has 4 unspecified atom stereocenters. The van der Waals surface area contributed by atoms with Crippen LogP contribution in [0.5, 0.6) is 0 Å². The SMILES string of the molecule is C#Cc1ccc(CC2CCC(C(C(=O)CCc3ccccc3)c3ccc(C4=CC(C)C=C4)cc3)CC2)cc1C1CCCC12CCCC2=C. The molecule has 3 aromatic carbocycles. The van der Waals surface area contributed by atoms with Crippen molar-refractivity contribution in [3.8, 4) is 12.3 Å². The third kappa shape index (κ3) is 6.69. The van der Waals surface area contributed by atoms with E-state index in [-0.39, 0.29) is 11.3 Å². The maximum absolute atomic E-state index is 14.1. The maximum Gasteiger partial charge on any atom is 0.140 e. The van der Waals surface area contributed by atoms with Crippen LogP contribution < -0.4 is 0 Å². The van der Waals surface area contributed by atoms with E-state index in [9.17, 15) is 4.79 Å². The molecule has 3 fully saturated rings. The van der Waals surface area contributed by atoms with Gasteiger partial charge in [-0.25, -0.2) is 0 Å². The highest BCUT2D eigenvalue weighted by Crippen LogP contribution is 2.61. The summed E-state index contributed by atoms with van der Waals surface area (Å²) in [4.78, 5) is 14.1. The number of hydrogen-bond donors (Lipinski definition) is 0. The molecule has 246 valence electrons. The number of allylic oxidation sites excluding steroid dienone is 5. The third-order valence-electron chi connectivity index (χ3n) is 12.6. The van der Waals surface area contributed by atoms with Crippen LogP contribution in [-0.4, -0.2) is 5.78 Å². The Hall–Kier alpha value is -3.89. The molecule has 1 nitrogen and oxygen atoms in total. The fourth-order valence-electron chi connectivity index (χ4n) is 10.0. The van der Waals surface area contributed by atoms with E-state index in [2.05, 4.69) is 104 Å². The highest BCUT2D eigenvalue weighted by molar-refractivity contribution is 5.86. The number of terminal acetylenes is 1. The largest absolute Gasteiger partial charge is 0.299 e. The van der Waals surface area contributed by atoms with Gasteiger partial charge in [0, 0.05) is 17.9 Å². The Kier molecular flexibility index (Phi) is 9.73. The number of Topliss-reactive ketones (excluding diaryl/α,β-unsaturated/α-hetero) is 1. The molecule has 3 saturated carbocycles. The van der Waals surface area contributed by atoms with Crippen molar-refractivity contribution in [2.45, 2.75) is 102 Å². The zero-order valence-electron chi connectivity index (χ0n) is 28.9. The Balaban J connectivity index is 1.06. The van der Waals surface area contributed by atoms with Crippen LogP contribution >= 0.6 is 0 Å². The Labute approximate surface area is 289 Å². The van der Waals surface area contributed by atoms with Crippen LogP contribution in [0.4, 0.5) is 0 Å². The summed E-state index contributed by atoms with van der Waals surface area (Å²) >= 11 is 0. The molecular formula is C47H52O. The van der Waals surface area contributed by atoms with Crippen LogP contribution in [0, 0.1) is 35.5 Å². The lowest BCUT2D eigenvalue weighted by molar-refractivity contribution is -0.122. The monoisotopic (exact) mass is 632 g/mol. The smallest absolute Gasteiger partial charge is 0.140 e. The second-order valence-electron chi connectivity index (χ2n) is 15.5. The summed E-state index contributed by atoms with van der Waals surface area (Å²) in [5.41, 5.74) is 10.7. The molecule has 4 atom stereocenters. The number of carbonyl (C=O) groups excluding carboxylic acids is 1. The second-order valence-corrected chi connectivity index (χ2v) is 15.5. The van der Waals surface area contributed by atoms with E-state index < -0.39 is 0 Å². The molecule has 1 spiro atoms. The van der Waals surface area contributed by atoms with Crippen molar-refractivity contribution in [1.29, 1.82) is 0 Å². The number of carbonyl (C=O) groups is 1. The van der Waals surface area contributed by atoms with E-state index in [0.29, 0.717) is 35.9 Å². The molecule has 4 aliphatic carbocycles. The molecule has 0 bridgehead atoms. The Morgan fingerprint density at radius 3 is 2.40 bits per heavy atom. The molecule has 0 saturated heterocycles. The fourth-order valence-corrected chi connectivity index (χ4v) is 10.0. The predicted molar refractivity (Wildman–Crippen MR) is 201 cm³/mol. The van der Waals surface area contributed by atoms with Crippen molar-refractivity contribution in [2.24, 2.45) is 23.2 Å². The summed E-state index contributed by atoms with van der Waals surface area (Å²) < 4.78 is 0. The standard InChI is InChI=1S/C47H52O/c1-4-38-20-17-37(32-43(38)44-13-9-29-47(44)28-8-10-34(47)3)31-36-15-21-40(22-16-36)46(45(48)27-18-35-11-6-5-7-12-35)41-25-23-39(24-26-41)42-19-14-33(2)30-42/h1,5-7,11-12,14,17,19-20,23-26,30,32-33,36,40,44,46H,3,8-10,13,15-16,18,21-22,27-29,31H2,2H3. The Bertz CT molecular complexity index is 1720.